The molecule has 6 nitrogen and oxygen atoms in total. The van der Waals surface area contributed by atoms with Crippen molar-refractivity contribution in [3.8, 4) is 11.4 Å². The van der Waals surface area contributed by atoms with Crippen LogP contribution in [0.2, 0.25) is 0 Å². The standard InChI is InChI=1S/C21H30N6/c1-2-6-17(5-1)25-21-26-19(18-7-3-4-11-23-18)15-20(27-21)24-14-10-16-8-12-22-13-9-16/h3-4,7,11,15-17,22H,1-2,5-6,8-10,12-14H2,(H2,24,25,26,27). The van der Waals surface area contributed by atoms with E-state index in [2.05, 4.69) is 20.9 Å². The Balaban J connectivity index is 1.46. The van der Waals surface area contributed by atoms with E-state index in [-0.39, 0.29) is 0 Å². The zero-order valence-electron chi connectivity index (χ0n) is 16.0. The van der Waals surface area contributed by atoms with Crippen molar-refractivity contribution in [1.29, 1.82) is 0 Å². The van der Waals surface area contributed by atoms with Crippen molar-refractivity contribution in [1.82, 2.24) is 20.3 Å². The van der Waals surface area contributed by atoms with E-state index >= 15 is 0 Å². The Morgan fingerprint density at radius 2 is 1.85 bits per heavy atom. The maximum Gasteiger partial charge on any atom is 0.225 e. The van der Waals surface area contributed by atoms with Crippen LogP contribution in [0.15, 0.2) is 30.5 Å². The van der Waals surface area contributed by atoms with Gasteiger partial charge in [-0.2, -0.15) is 4.98 Å². The normalized spacial score (nSPS) is 18.5. The molecule has 0 atom stereocenters. The van der Waals surface area contributed by atoms with E-state index in [1.54, 1.807) is 0 Å². The van der Waals surface area contributed by atoms with Gasteiger partial charge in [0.2, 0.25) is 5.95 Å². The molecule has 4 rings (SSSR count). The minimum absolute atomic E-state index is 0.492. The lowest BCUT2D eigenvalue weighted by Gasteiger charge is -2.22. The van der Waals surface area contributed by atoms with E-state index in [0.717, 1.165) is 48.7 Å². The summed E-state index contributed by atoms with van der Waals surface area (Å²) in [7, 11) is 0. The third kappa shape index (κ3) is 5.16. The van der Waals surface area contributed by atoms with Gasteiger partial charge in [0.1, 0.15) is 5.82 Å². The van der Waals surface area contributed by atoms with Crippen molar-refractivity contribution in [3.63, 3.8) is 0 Å². The summed E-state index contributed by atoms with van der Waals surface area (Å²) in [5.41, 5.74) is 1.76. The van der Waals surface area contributed by atoms with Gasteiger partial charge in [0.05, 0.1) is 11.4 Å². The maximum absolute atomic E-state index is 4.73. The first kappa shape index (κ1) is 18.2. The van der Waals surface area contributed by atoms with Gasteiger partial charge < -0.3 is 16.0 Å². The van der Waals surface area contributed by atoms with Crippen LogP contribution >= 0.6 is 0 Å². The van der Waals surface area contributed by atoms with Crippen LogP contribution < -0.4 is 16.0 Å². The smallest absolute Gasteiger partial charge is 0.225 e. The van der Waals surface area contributed by atoms with E-state index < -0.39 is 0 Å². The molecule has 6 heteroatoms. The van der Waals surface area contributed by atoms with Crippen molar-refractivity contribution >= 4 is 11.8 Å². The number of nitrogens with one attached hydrogen (secondary N) is 3. The highest BCUT2D eigenvalue weighted by molar-refractivity contribution is 5.61. The van der Waals surface area contributed by atoms with Gasteiger partial charge >= 0.3 is 0 Å². The van der Waals surface area contributed by atoms with Gasteiger partial charge in [-0.15, -0.1) is 0 Å². The fraction of sp³-hybridized carbons (Fsp3) is 0.571. The number of hydrogen-bond acceptors (Lipinski definition) is 6. The second kappa shape index (κ2) is 9.13. The molecule has 1 saturated heterocycles. The van der Waals surface area contributed by atoms with Gasteiger partial charge in [0.25, 0.3) is 0 Å². The third-order valence-corrected chi connectivity index (χ3v) is 5.66. The topological polar surface area (TPSA) is 74.8 Å². The SMILES string of the molecule is c1ccc(-c2cc(NCCC3CCNCC3)nc(NC3CCCC3)n2)nc1. The van der Waals surface area contributed by atoms with Gasteiger partial charge in [-0.1, -0.05) is 18.9 Å². The number of nitrogens with zero attached hydrogens (tertiary/aromatic N) is 3. The summed E-state index contributed by atoms with van der Waals surface area (Å²) in [5.74, 6) is 2.42. The first-order valence-corrected chi connectivity index (χ1v) is 10.4. The summed E-state index contributed by atoms with van der Waals surface area (Å²) in [6.45, 7) is 3.25. The molecule has 1 saturated carbocycles. The molecule has 0 amide bonds. The van der Waals surface area contributed by atoms with Gasteiger partial charge in [0, 0.05) is 24.8 Å². The second-order valence-electron chi connectivity index (χ2n) is 7.71. The quantitative estimate of drug-likeness (QED) is 0.694. The average molecular weight is 367 g/mol. The predicted octanol–water partition coefficient (Wildman–Crippen LogP) is 3.69. The van der Waals surface area contributed by atoms with Crippen LogP contribution in [-0.2, 0) is 0 Å². The number of piperidine rings is 1. The fourth-order valence-corrected chi connectivity index (χ4v) is 4.08. The van der Waals surface area contributed by atoms with Crippen LogP contribution in [0.3, 0.4) is 0 Å². The highest BCUT2D eigenvalue weighted by Gasteiger charge is 2.17. The van der Waals surface area contributed by atoms with E-state index in [1.165, 1.54) is 44.9 Å². The molecule has 144 valence electrons. The summed E-state index contributed by atoms with van der Waals surface area (Å²) in [4.78, 5) is 13.9. The van der Waals surface area contributed by atoms with Crippen LogP contribution in [0, 0.1) is 5.92 Å². The van der Waals surface area contributed by atoms with E-state index in [9.17, 15) is 0 Å². The Hall–Kier alpha value is -2.21. The van der Waals surface area contributed by atoms with Gasteiger partial charge in [-0.3, -0.25) is 4.98 Å². The highest BCUT2D eigenvalue weighted by atomic mass is 15.2. The summed E-state index contributed by atoms with van der Waals surface area (Å²) in [6.07, 6.45) is 10.5. The van der Waals surface area contributed by atoms with Crippen molar-refractivity contribution in [2.24, 2.45) is 5.92 Å². The van der Waals surface area contributed by atoms with E-state index in [4.69, 9.17) is 9.97 Å². The van der Waals surface area contributed by atoms with Crippen LogP contribution in [0.25, 0.3) is 11.4 Å². The Bertz CT molecular complexity index is 708. The van der Waals surface area contributed by atoms with Gasteiger partial charge in [-0.05, 0) is 63.2 Å². The van der Waals surface area contributed by atoms with Crippen molar-refractivity contribution in [2.75, 3.05) is 30.3 Å². The molecule has 1 aliphatic carbocycles. The zero-order chi connectivity index (χ0) is 18.3. The number of pyridine rings is 1. The molecule has 0 aromatic carbocycles. The number of anilines is 2. The molecule has 2 fully saturated rings. The fourth-order valence-electron chi connectivity index (χ4n) is 4.08. The predicted molar refractivity (Wildman–Crippen MR) is 110 cm³/mol. The number of aromatic nitrogens is 3. The summed E-state index contributed by atoms with van der Waals surface area (Å²) < 4.78 is 0. The molecule has 1 aliphatic heterocycles. The Labute approximate surface area is 161 Å². The summed E-state index contributed by atoms with van der Waals surface area (Å²) >= 11 is 0. The molecule has 0 radical (unpaired) electrons. The Morgan fingerprint density at radius 3 is 2.63 bits per heavy atom. The molecule has 0 unspecified atom stereocenters. The lowest BCUT2D eigenvalue weighted by atomic mass is 9.95. The molecule has 3 N–H and O–H groups in total. The monoisotopic (exact) mass is 366 g/mol. The number of rotatable bonds is 7. The van der Waals surface area contributed by atoms with Crippen molar-refractivity contribution in [2.45, 2.75) is 51.0 Å². The first-order valence-electron chi connectivity index (χ1n) is 10.4. The highest BCUT2D eigenvalue weighted by Crippen LogP contribution is 2.24. The third-order valence-electron chi connectivity index (χ3n) is 5.66. The van der Waals surface area contributed by atoms with Crippen LogP contribution in [0.5, 0.6) is 0 Å². The van der Waals surface area contributed by atoms with Crippen LogP contribution in [0.4, 0.5) is 11.8 Å². The molecule has 0 spiro atoms. The molecule has 2 aromatic rings. The van der Waals surface area contributed by atoms with Crippen molar-refractivity contribution in [3.05, 3.63) is 30.5 Å². The minimum atomic E-state index is 0.492. The second-order valence-corrected chi connectivity index (χ2v) is 7.71. The number of hydrogen-bond donors (Lipinski definition) is 3. The maximum atomic E-state index is 4.73. The molecule has 27 heavy (non-hydrogen) atoms. The molecule has 2 aromatic heterocycles. The molecule has 0 bridgehead atoms. The van der Waals surface area contributed by atoms with Crippen LogP contribution in [-0.4, -0.2) is 40.6 Å². The zero-order valence-corrected chi connectivity index (χ0v) is 16.0. The molecule has 2 aliphatic rings. The molecular weight excluding hydrogens is 336 g/mol. The van der Waals surface area contributed by atoms with Crippen LogP contribution in [0.1, 0.15) is 44.9 Å². The largest absolute Gasteiger partial charge is 0.370 e. The van der Waals surface area contributed by atoms with E-state index in [1.807, 2.05) is 30.5 Å². The van der Waals surface area contributed by atoms with Crippen molar-refractivity contribution < 1.29 is 0 Å². The van der Waals surface area contributed by atoms with Gasteiger partial charge in [-0.25, -0.2) is 4.98 Å². The molecule has 3 heterocycles. The van der Waals surface area contributed by atoms with E-state index in [0.29, 0.717) is 6.04 Å². The Kier molecular flexibility index (Phi) is 6.14. The average Bonchev–Trinajstić information content (AvgIpc) is 3.22. The first-order chi connectivity index (χ1) is 13.4. The minimum Gasteiger partial charge on any atom is -0.370 e. The lowest BCUT2D eigenvalue weighted by Crippen LogP contribution is -2.28. The molecular formula is C21H30N6. The lowest BCUT2D eigenvalue weighted by molar-refractivity contribution is 0.361. The summed E-state index contributed by atoms with van der Waals surface area (Å²) in [6, 6.07) is 8.44. The summed E-state index contributed by atoms with van der Waals surface area (Å²) in [5, 5.41) is 10.5. The van der Waals surface area contributed by atoms with Gasteiger partial charge in [0.15, 0.2) is 0 Å². The Morgan fingerprint density at radius 1 is 1.00 bits per heavy atom.